The van der Waals surface area contributed by atoms with E-state index in [1.807, 2.05) is 0 Å². The number of carbonyl (C=O) groups excluding carboxylic acids is 1. The Hall–Kier alpha value is -2.60. The molecule has 0 spiro atoms. The van der Waals surface area contributed by atoms with Gasteiger partial charge in [-0.15, -0.1) is 0 Å². The van der Waals surface area contributed by atoms with E-state index in [4.69, 9.17) is 4.74 Å². The standard InChI is InChI=1S/C21H26FN3O2/c1-17-3-2-4-19(15-17)25-12-10-24(11-13-25)16-21(26)23-9-14-27-20-7-5-18(22)6-8-20/h2-8,15H,9-14,16H2,1H3,(H,23,26). The first-order valence-electron chi connectivity index (χ1n) is 9.29. The van der Waals surface area contributed by atoms with Gasteiger partial charge in [0.1, 0.15) is 18.2 Å². The van der Waals surface area contributed by atoms with Crippen LogP contribution in [0.15, 0.2) is 48.5 Å². The molecule has 0 aromatic heterocycles. The van der Waals surface area contributed by atoms with Crippen molar-refractivity contribution in [3.8, 4) is 5.75 Å². The molecule has 1 saturated heterocycles. The lowest BCUT2D eigenvalue weighted by atomic mass is 10.2. The monoisotopic (exact) mass is 371 g/mol. The van der Waals surface area contributed by atoms with E-state index in [2.05, 4.69) is 46.3 Å². The summed E-state index contributed by atoms with van der Waals surface area (Å²) in [4.78, 5) is 16.6. The summed E-state index contributed by atoms with van der Waals surface area (Å²) in [6, 6.07) is 14.4. The van der Waals surface area contributed by atoms with Crippen LogP contribution in [0, 0.1) is 12.7 Å². The van der Waals surface area contributed by atoms with E-state index in [1.54, 1.807) is 12.1 Å². The highest BCUT2D eigenvalue weighted by molar-refractivity contribution is 5.78. The van der Waals surface area contributed by atoms with Gasteiger partial charge in [-0.1, -0.05) is 12.1 Å². The first-order chi connectivity index (χ1) is 13.1. The summed E-state index contributed by atoms with van der Waals surface area (Å²) in [6.45, 7) is 6.87. The summed E-state index contributed by atoms with van der Waals surface area (Å²) in [5.41, 5.74) is 2.51. The van der Waals surface area contributed by atoms with Crippen LogP contribution in [0.2, 0.25) is 0 Å². The van der Waals surface area contributed by atoms with Gasteiger partial charge in [0.2, 0.25) is 5.91 Å². The minimum atomic E-state index is -0.293. The van der Waals surface area contributed by atoms with Crippen LogP contribution in [-0.2, 0) is 4.79 Å². The summed E-state index contributed by atoms with van der Waals surface area (Å²) in [7, 11) is 0. The zero-order valence-electron chi connectivity index (χ0n) is 15.7. The molecule has 0 saturated carbocycles. The average molecular weight is 371 g/mol. The molecule has 0 bridgehead atoms. The average Bonchev–Trinajstić information content (AvgIpc) is 2.67. The molecule has 0 unspecified atom stereocenters. The second-order valence-electron chi connectivity index (χ2n) is 6.75. The number of nitrogens with zero attached hydrogens (tertiary/aromatic N) is 2. The maximum atomic E-state index is 12.8. The van der Waals surface area contributed by atoms with Gasteiger partial charge >= 0.3 is 0 Å². The van der Waals surface area contributed by atoms with Gasteiger partial charge in [0, 0.05) is 31.9 Å². The van der Waals surface area contributed by atoms with E-state index < -0.39 is 0 Å². The Balaban J connectivity index is 1.33. The zero-order valence-corrected chi connectivity index (χ0v) is 15.7. The van der Waals surface area contributed by atoms with Crippen LogP contribution in [0.3, 0.4) is 0 Å². The Morgan fingerprint density at radius 1 is 1.11 bits per heavy atom. The Morgan fingerprint density at radius 2 is 1.85 bits per heavy atom. The van der Waals surface area contributed by atoms with Crippen molar-refractivity contribution in [3.05, 3.63) is 59.9 Å². The quantitative estimate of drug-likeness (QED) is 0.760. The van der Waals surface area contributed by atoms with E-state index in [0.717, 1.165) is 26.2 Å². The molecule has 1 N–H and O–H groups in total. The summed E-state index contributed by atoms with van der Waals surface area (Å²) in [5, 5.41) is 2.87. The van der Waals surface area contributed by atoms with Crippen LogP contribution in [-0.4, -0.2) is 56.7 Å². The number of hydrogen-bond donors (Lipinski definition) is 1. The molecule has 1 fully saturated rings. The SMILES string of the molecule is Cc1cccc(N2CCN(CC(=O)NCCOc3ccc(F)cc3)CC2)c1. The maximum absolute atomic E-state index is 12.8. The highest BCUT2D eigenvalue weighted by Crippen LogP contribution is 2.17. The molecule has 2 aromatic carbocycles. The van der Waals surface area contributed by atoms with Gasteiger partial charge in [0.05, 0.1) is 13.1 Å². The van der Waals surface area contributed by atoms with Crippen LogP contribution >= 0.6 is 0 Å². The number of piperazine rings is 1. The lowest BCUT2D eigenvalue weighted by Gasteiger charge is -2.35. The minimum Gasteiger partial charge on any atom is -0.492 e. The van der Waals surface area contributed by atoms with Crippen molar-refractivity contribution in [2.75, 3.05) is 50.8 Å². The van der Waals surface area contributed by atoms with Crippen molar-refractivity contribution in [2.45, 2.75) is 6.92 Å². The van der Waals surface area contributed by atoms with Gasteiger partial charge in [-0.3, -0.25) is 9.69 Å². The molecule has 1 heterocycles. The van der Waals surface area contributed by atoms with Gasteiger partial charge < -0.3 is 15.0 Å². The van der Waals surface area contributed by atoms with Gasteiger partial charge in [0.15, 0.2) is 0 Å². The van der Waals surface area contributed by atoms with Gasteiger partial charge in [0.25, 0.3) is 0 Å². The van der Waals surface area contributed by atoms with E-state index >= 15 is 0 Å². The minimum absolute atomic E-state index is 0.00158. The van der Waals surface area contributed by atoms with Crippen LogP contribution in [0.25, 0.3) is 0 Å². The smallest absolute Gasteiger partial charge is 0.234 e. The Bertz CT molecular complexity index is 743. The van der Waals surface area contributed by atoms with E-state index in [9.17, 15) is 9.18 Å². The first-order valence-corrected chi connectivity index (χ1v) is 9.29. The maximum Gasteiger partial charge on any atom is 0.234 e. The second-order valence-corrected chi connectivity index (χ2v) is 6.75. The van der Waals surface area contributed by atoms with E-state index in [0.29, 0.717) is 25.4 Å². The van der Waals surface area contributed by atoms with Gasteiger partial charge in [-0.05, 0) is 48.9 Å². The predicted molar refractivity (Wildman–Crippen MR) is 105 cm³/mol. The van der Waals surface area contributed by atoms with Crippen molar-refractivity contribution in [2.24, 2.45) is 0 Å². The molecule has 3 rings (SSSR count). The topological polar surface area (TPSA) is 44.8 Å². The molecule has 0 radical (unpaired) electrons. The summed E-state index contributed by atoms with van der Waals surface area (Å²) in [6.07, 6.45) is 0. The van der Waals surface area contributed by atoms with Crippen molar-refractivity contribution < 1.29 is 13.9 Å². The van der Waals surface area contributed by atoms with E-state index in [1.165, 1.54) is 23.4 Å². The van der Waals surface area contributed by atoms with Gasteiger partial charge in [-0.25, -0.2) is 4.39 Å². The number of amides is 1. The van der Waals surface area contributed by atoms with Crippen molar-refractivity contribution in [1.82, 2.24) is 10.2 Å². The highest BCUT2D eigenvalue weighted by Gasteiger charge is 2.19. The first kappa shape index (κ1) is 19.2. The number of benzene rings is 2. The molecule has 144 valence electrons. The number of nitrogens with one attached hydrogen (secondary N) is 1. The number of rotatable bonds is 7. The van der Waals surface area contributed by atoms with Gasteiger partial charge in [-0.2, -0.15) is 0 Å². The third-order valence-electron chi connectivity index (χ3n) is 4.61. The predicted octanol–water partition coefficient (Wildman–Crippen LogP) is 2.45. The largest absolute Gasteiger partial charge is 0.492 e. The second kappa shape index (κ2) is 9.37. The van der Waals surface area contributed by atoms with Crippen LogP contribution < -0.4 is 15.0 Å². The fourth-order valence-corrected chi connectivity index (χ4v) is 3.14. The number of hydrogen-bond acceptors (Lipinski definition) is 4. The molecule has 2 aromatic rings. The lowest BCUT2D eigenvalue weighted by molar-refractivity contribution is -0.122. The molecule has 6 heteroatoms. The third kappa shape index (κ3) is 5.96. The Labute approximate surface area is 159 Å². The molecule has 5 nitrogen and oxygen atoms in total. The lowest BCUT2D eigenvalue weighted by Crippen LogP contribution is -2.49. The number of carbonyl (C=O) groups is 1. The van der Waals surface area contributed by atoms with Crippen molar-refractivity contribution >= 4 is 11.6 Å². The molecule has 1 aliphatic heterocycles. The molecule has 27 heavy (non-hydrogen) atoms. The summed E-state index contributed by atoms with van der Waals surface area (Å²) >= 11 is 0. The Morgan fingerprint density at radius 3 is 2.56 bits per heavy atom. The van der Waals surface area contributed by atoms with E-state index in [-0.39, 0.29) is 11.7 Å². The zero-order chi connectivity index (χ0) is 19.1. The summed E-state index contributed by atoms with van der Waals surface area (Å²) in [5.74, 6) is 0.304. The third-order valence-corrected chi connectivity index (χ3v) is 4.61. The number of anilines is 1. The number of halogens is 1. The summed E-state index contributed by atoms with van der Waals surface area (Å²) < 4.78 is 18.3. The molecule has 1 amide bonds. The normalized spacial score (nSPS) is 14.8. The Kier molecular flexibility index (Phi) is 6.65. The molecular weight excluding hydrogens is 345 g/mol. The molecular formula is C21H26FN3O2. The number of aryl methyl sites for hydroxylation is 1. The molecule has 0 atom stereocenters. The highest BCUT2D eigenvalue weighted by atomic mass is 19.1. The van der Waals surface area contributed by atoms with Crippen molar-refractivity contribution in [1.29, 1.82) is 0 Å². The number of ether oxygens (including phenoxy) is 1. The molecule has 0 aliphatic carbocycles. The van der Waals surface area contributed by atoms with Crippen molar-refractivity contribution in [3.63, 3.8) is 0 Å². The molecule has 1 aliphatic rings. The van der Waals surface area contributed by atoms with Crippen LogP contribution in [0.1, 0.15) is 5.56 Å². The fraction of sp³-hybridized carbons (Fsp3) is 0.381. The van der Waals surface area contributed by atoms with Crippen LogP contribution in [0.4, 0.5) is 10.1 Å². The van der Waals surface area contributed by atoms with Crippen LogP contribution in [0.5, 0.6) is 5.75 Å². The fourth-order valence-electron chi connectivity index (χ4n) is 3.14.